The number of aromatic nitrogens is 1. The van der Waals surface area contributed by atoms with Crippen molar-refractivity contribution in [3.8, 4) is 11.5 Å². The summed E-state index contributed by atoms with van der Waals surface area (Å²) in [5.74, 6) is 0.328. The first-order valence-corrected chi connectivity index (χ1v) is 6.29. The predicted octanol–water partition coefficient (Wildman–Crippen LogP) is 4.40. The van der Waals surface area contributed by atoms with E-state index in [-0.39, 0.29) is 10.7 Å². The molecule has 5 heteroatoms. The Kier molecular flexibility index (Phi) is 3.16. The minimum Gasteiger partial charge on any atom is -0.454 e. The Balaban J connectivity index is 2.08. The largest absolute Gasteiger partial charge is 0.454 e. The molecule has 0 bridgehead atoms. The van der Waals surface area contributed by atoms with E-state index < -0.39 is 5.82 Å². The molecule has 0 atom stereocenters. The highest BCUT2D eigenvalue weighted by Gasteiger charge is 2.10. The Morgan fingerprint density at radius 2 is 1.95 bits per heavy atom. The van der Waals surface area contributed by atoms with Gasteiger partial charge in [-0.3, -0.25) is 4.98 Å². The van der Waals surface area contributed by atoms with Gasteiger partial charge in [0.05, 0.1) is 16.2 Å². The highest BCUT2D eigenvalue weighted by atomic mass is 35.5. The van der Waals surface area contributed by atoms with E-state index in [0.717, 1.165) is 17.0 Å². The zero-order valence-corrected chi connectivity index (χ0v) is 11.1. The monoisotopic (exact) mass is 288 g/mol. The number of halogens is 2. The van der Waals surface area contributed by atoms with Crippen molar-refractivity contribution in [1.82, 2.24) is 4.98 Å². The molecule has 100 valence electrons. The summed E-state index contributed by atoms with van der Waals surface area (Å²) < 4.78 is 19.0. The first kappa shape index (κ1) is 12.7. The molecule has 0 aliphatic heterocycles. The van der Waals surface area contributed by atoms with Crippen molar-refractivity contribution in [2.24, 2.45) is 0 Å². The summed E-state index contributed by atoms with van der Waals surface area (Å²) in [6.45, 7) is 0. The molecular formula is C15H10ClFN2O. The van der Waals surface area contributed by atoms with Crippen molar-refractivity contribution in [1.29, 1.82) is 0 Å². The molecule has 3 rings (SSSR count). The average Bonchev–Trinajstić information content (AvgIpc) is 2.45. The van der Waals surface area contributed by atoms with Gasteiger partial charge < -0.3 is 10.5 Å². The normalized spacial score (nSPS) is 10.7. The highest BCUT2D eigenvalue weighted by Crippen LogP contribution is 2.34. The third-order valence-corrected chi connectivity index (χ3v) is 3.17. The Labute approximate surface area is 119 Å². The quantitative estimate of drug-likeness (QED) is 0.711. The molecule has 3 aromatic rings. The van der Waals surface area contributed by atoms with Gasteiger partial charge in [-0.2, -0.15) is 0 Å². The Morgan fingerprint density at radius 3 is 2.80 bits per heavy atom. The molecule has 0 saturated heterocycles. The van der Waals surface area contributed by atoms with Crippen LogP contribution >= 0.6 is 11.6 Å². The molecule has 0 fully saturated rings. The van der Waals surface area contributed by atoms with Crippen molar-refractivity contribution in [2.45, 2.75) is 0 Å². The fraction of sp³-hybridized carbons (Fsp3) is 0. The molecule has 20 heavy (non-hydrogen) atoms. The lowest BCUT2D eigenvalue weighted by Crippen LogP contribution is -1.94. The number of ether oxygens (including phenoxy) is 1. The van der Waals surface area contributed by atoms with Crippen molar-refractivity contribution in [3.05, 3.63) is 59.5 Å². The fourth-order valence-electron chi connectivity index (χ4n) is 1.91. The van der Waals surface area contributed by atoms with Crippen LogP contribution in [0.4, 0.5) is 10.1 Å². The summed E-state index contributed by atoms with van der Waals surface area (Å²) in [7, 11) is 0. The number of nitrogens with zero attached hydrogens (tertiary/aromatic N) is 1. The molecule has 2 aromatic carbocycles. The first-order chi connectivity index (χ1) is 9.65. The number of nitrogens with two attached hydrogens (primary N) is 1. The van der Waals surface area contributed by atoms with Crippen LogP contribution in [0.5, 0.6) is 11.5 Å². The predicted molar refractivity (Wildman–Crippen MR) is 77.6 cm³/mol. The molecule has 0 aliphatic rings. The van der Waals surface area contributed by atoms with Crippen LogP contribution in [0.15, 0.2) is 48.7 Å². The maximum atomic E-state index is 13.3. The number of hydrogen-bond donors (Lipinski definition) is 1. The van der Waals surface area contributed by atoms with E-state index in [2.05, 4.69) is 4.98 Å². The van der Waals surface area contributed by atoms with E-state index in [1.54, 1.807) is 12.3 Å². The molecule has 1 heterocycles. The van der Waals surface area contributed by atoms with Crippen LogP contribution in [0.25, 0.3) is 10.9 Å². The summed E-state index contributed by atoms with van der Waals surface area (Å²) in [5, 5.41) is 0.808. The van der Waals surface area contributed by atoms with Crippen LogP contribution in [0.3, 0.4) is 0 Å². The van der Waals surface area contributed by atoms with Crippen LogP contribution in [0.2, 0.25) is 5.02 Å². The molecule has 0 amide bonds. The van der Waals surface area contributed by atoms with Gasteiger partial charge >= 0.3 is 0 Å². The van der Waals surface area contributed by atoms with Crippen LogP contribution in [0, 0.1) is 5.82 Å². The first-order valence-electron chi connectivity index (χ1n) is 5.91. The summed E-state index contributed by atoms with van der Waals surface area (Å²) in [6.07, 6.45) is 1.70. The molecule has 3 nitrogen and oxygen atoms in total. The molecule has 0 saturated carbocycles. The standard InChI is InChI=1S/C15H10ClFN2O/c16-10-7-15(12(18)8-11(10)17)20-14-5-1-4-13-9(14)3-2-6-19-13/h1-8H,18H2. The molecule has 0 radical (unpaired) electrons. The topological polar surface area (TPSA) is 48.1 Å². The summed E-state index contributed by atoms with van der Waals surface area (Å²) in [6, 6.07) is 11.7. The molecule has 0 unspecified atom stereocenters. The van der Waals surface area contributed by atoms with E-state index in [9.17, 15) is 4.39 Å². The van der Waals surface area contributed by atoms with Crippen LogP contribution in [-0.4, -0.2) is 4.98 Å². The van der Waals surface area contributed by atoms with Gasteiger partial charge in [0.25, 0.3) is 0 Å². The van der Waals surface area contributed by atoms with E-state index in [1.165, 1.54) is 6.07 Å². The third-order valence-electron chi connectivity index (χ3n) is 2.88. The summed E-state index contributed by atoms with van der Waals surface area (Å²) >= 11 is 5.75. The number of anilines is 1. The van der Waals surface area contributed by atoms with Crippen molar-refractivity contribution >= 4 is 28.2 Å². The third kappa shape index (κ3) is 2.26. The van der Waals surface area contributed by atoms with Gasteiger partial charge in [-0.25, -0.2) is 4.39 Å². The van der Waals surface area contributed by atoms with E-state index >= 15 is 0 Å². The number of fused-ring (bicyclic) bond motifs is 1. The number of benzene rings is 2. The second-order valence-electron chi connectivity index (χ2n) is 4.23. The van der Waals surface area contributed by atoms with Gasteiger partial charge in [0.2, 0.25) is 0 Å². The van der Waals surface area contributed by atoms with E-state index in [0.29, 0.717) is 11.5 Å². The summed E-state index contributed by atoms with van der Waals surface area (Å²) in [4.78, 5) is 4.24. The average molecular weight is 289 g/mol. The SMILES string of the molecule is Nc1cc(F)c(Cl)cc1Oc1cccc2ncccc12. The van der Waals surface area contributed by atoms with Crippen LogP contribution < -0.4 is 10.5 Å². The van der Waals surface area contributed by atoms with Crippen LogP contribution in [0.1, 0.15) is 0 Å². The van der Waals surface area contributed by atoms with Gasteiger partial charge in [0.1, 0.15) is 11.6 Å². The maximum absolute atomic E-state index is 13.3. The second-order valence-corrected chi connectivity index (χ2v) is 4.64. The van der Waals surface area contributed by atoms with E-state index in [1.807, 2.05) is 24.3 Å². The molecule has 2 N–H and O–H groups in total. The Bertz CT molecular complexity index is 787. The fourth-order valence-corrected chi connectivity index (χ4v) is 2.07. The minimum absolute atomic E-state index is 0.0347. The zero-order chi connectivity index (χ0) is 14.1. The van der Waals surface area contributed by atoms with Crippen molar-refractivity contribution < 1.29 is 9.13 Å². The number of rotatable bonds is 2. The Hall–Kier alpha value is -2.33. The molecular weight excluding hydrogens is 279 g/mol. The number of pyridine rings is 1. The van der Waals surface area contributed by atoms with Gasteiger partial charge in [0.15, 0.2) is 5.75 Å². The summed E-state index contributed by atoms with van der Waals surface area (Å²) in [5.41, 5.74) is 6.73. The molecule has 0 spiro atoms. The molecule has 0 aliphatic carbocycles. The van der Waals surface area contributed by atoms with Crippen LogP contribution in [-0.2, 0) is 0 Å². The van der Waals surface area contributed by atoms with Gasteiger partial charge in [-0.1, -0.05) is 17.7 Å². The van der Waals surface area contributed by atoms with Gasteiger partial charge in [0, 0.05) is 23.7 Å². The number of hydrogen-bond acceptors (Lipinski definition) is 3. The highest BCUT2D eigenvalue weighted by molar-refractivity contribution is 6.31. The van der Waals surface area contributed by atoms with Gasteiger partial charge in [-0.15, -0.1) is 0 Å². The lowest BCUT2D eigenvalue weighted by molar-refractivity contribution is 0.488. The van der Waals surface area contributed by atoms with E-state index in [4.69, 9.17) is 22.1 Å². The second kappa shape index (κ2) is 4.98. The Morgan fingerprint density at radius 1 is 1.10 bits per heavy atom. The smallest absolute Gasteiger partial charge is 0.152 e. The van der Waals surface area contributed by atoms with Gasteiger partial charge in [-0.05, 0) is 24.3 Å². The molecule has 1 aromatic heterocycles. The lowest BCUT2D eigenvalue weighted by Gasteiger charge is -2.11. The number of nitrogen functional groups attached to an aromatic ring is 1. The minimum atomic E-state index is -0.573. The maximum Gasteiger partial charge on any atom is 0.152 e. The van der Waals surface area contributed by atoms with Crippen molar-refractivity contribution in [3.63, 3.8) is 0 Å². The lowest BCUT2D eigenvalue weighted by atomic mass is 10.2. The zero-order valence-electron chi connectivity index (χ0n) is 10.3. The van der Waals surface area contributed by atoms with Crippen molar-refractivity contribution in [2.75, 3.05) is 5.73 Å².